The van der Waals surface area contributed by atoms with Gasteiger partial charge in [-0.2, -0.15) is 0 Å². The van der Waals surface area contributed by atoms with Crippen molar-refractivity contribution in [2.75, 3.05) is 18.6 Å². The summed E-state index contributed by atoms with van der Waals surface area (Å²) in [6.45, 7) is 4.54. The maximum Gasteiger partial charge on any atom is 0.244 e. The van der Waals surface area contributed by atoms with Crippen LogP contribution in [-0.4, -0.2) is 30.7 Å². The number of aromatic hydroxyl groups is 1. The summed E-state index contributed by atoms with van der Waals surface area (Å²) in [6, 6.07) is 8.61. The second-order valence-corrected chi connectivity index (χ2v) is 6.96. The number of methoxy groups -OCH3 is 1. The van der Waals surface area contributed by atoms with E-state index in [1.165, 1.54) is 0 Å². The molecule has 1 aliphatic rings. The first kappa shape index (κ1) is 21.1. The van der Waals surface area contributed by atoms with Crippen LogP contribution < -0.4 is 15.4 Å². The lowest BCUT2D eigenvalue weighted by atomic mass is 9.94. The van der Waals surface area contributed by atoms with Crippen molar-refractivity contribution in [3.63, 3.8) is 0 Å². The van der Waals surface area contributed by atoms with E-state index in [0.717, 1.165) is 46.5 Å². The van der Waals surface area contributed by atoms with Gasteiger partial charge in [-0.3, -0.25) is 4.79 Å². The molecule has 5 nitrogen and oxygen atoms in total. The SMILES string of the molecule is COc1ccc2c(c1)CCCN2C(=O)[C@@H](N)Cc1c(C)cc(O)cc1C.Cl. The Morgan fingerprint density at radius 1 is 1.26 bits per heavy atom. The van der Waals surface area contributed by atoms with Gasteiger partial charge in [0.25, 0.3) is 0 Å². The standard InChI is InChI=1S/C21H26N2O3.ClH/c1-13-9-16(24)10-14(2)18(13)12-19(22)21(25)23-8-4-5-15-11-17(26-3)6-7-20(15)23;/h6-7,9-11,19,24H,4-5,8,12,22H2,1-3H3;1H/t19-;/m0./s1. The number of fused-ring (bicyclic) bond motifs is 1. The van der Waals surface area contributed by atoms with Crippen LogP contribution in [0, 0.1) is 13.8 Å². The summed E-state index contributed by atoms with van der Waals surface area (Å²) in [5.74, 6) is 0.975. The smallest absolute Gasteiger partial charge is 0.244 e. The Hall–Kier alpha value is -2.24. The number of ether oxygens (including phenoxy) is 1. The number of nitrogens with two attached hydrogens (primary N) is 1. The number of nitrogens with zero attached hydrogens (tertiary/aromatic N) is 1. The number of aryl methyl sites for hydroxylation is 3. The molecule has 1 atom stereocenters. The fourth-order valence-electron chi connectivity index (χ4n) is 3.73. The van der Waals surface area contributed by atoms with E-state index in [4.69, 9.17) is 10.5 Å². The average Bonchev–Trinajstić information content (AvgIpc) is 2.62. The van der Waals surface area contributed by atoms with E-state index >= 15 is 0 Å². The number of anilines is 1. The second kappa shape index (κ2) is 8.63. The third-order valence-corrected chi connectivity index (χ3v) is 5.09. The minimum atomic E-state index is -0.620. The van der Waals surface area contributed by atoms with Gasteiger partial charge in [0.05, 0.1) is 13.2 Å². The van der Waals surface area contributed by atoms with Gasteiger partial charge in [-0.05, 0) is 85.7 Å². The Balaban J connectivity index is 0.00000261. The number of phenols is 1. The highest BCUT2D eigenvalue weighted by Crippen LogP contribution is 2.31. The van der Waals surface area contributed by atoms with E-state index in [9.17, 15) is 9.90 Å². The van der Waals surface area contributed by atoms with Gasteiger partial charge in [-0.25, -0.2) is 0 Å². The van der Waals surface area contributed by atoms with Crippen molar-refractivity contribution in [2.45, 2.75) is 39.2 Å². The van der Waals surface area contributed by atoms with Gasteiger partial charge >= 0.3 is 0 Å². The largest absolute Gasteiger partial charge is 0.508 e. The van der Waals surface area contributed by atoms with Gasteiger partial charge in [0.15, 0.2) is 0 Å². The highest BCUT2D eigenvalue weighted by atomic mass is 35.5. The predicted octanol–water partition coefficient (Wildman–Crippen LogP) is 3.29. The normalized spacial score (nSPS) is 14.1. The molecule has 0 aromatic heterocycles. The van der Waals surface area contributed by atoms with E-state index in [-0.39, 0.29) is 24.1 Å². The Morgan fingerprint density at radius 3 is 2.56 bits per heavy atom. The van der Waals surface area contributed by atoms with Crippen LogP contribution in [0.3, 0.4) is 0 Å². The fourth-order valence-corrected chi connectivity index (χ4v) is 3.73. The molecule has 0 aliphatic carbocycles. The number of phenolic OH excluding ortho intramolecular Hbond substituents is 1. The van der Waals surface area contributed by atoms with Crippen LogP contribution in [0.2, 0.25) is 0 Å². The number of carbonyl (C=O) groups excluding carboxylic acids is 1. The predicted molar refractivity (Wildman–Crippen MR) is 110 cm³/mol. The van der Waals surface area contributed by atoms with E-state index < -0.39 is 6.04 Å². The lowest BCUT2D eigenvalue weighted by Gasteiger charge is -2.32. The molecule has 0 saturated carbocycles. The van der Waals surface area contributed by atoms with Gasteiger partial charge < -0.3 is 20.5 Å². The summed E-state index contributed by atoms with van der Waals surface area (Å²) in [5, 5.41) is 9.70. The summed E-state index contributed by atoms with van der Waals surface area (Å²) in [5.41, 5.74) is 11.3. The number of benzene rings is 2. The van der Waals surface area contributed by atoms with Crippen molar-refractivity contribution in [1.82, 2.24) is 0 Å². The fraction of sp³-hybridized carbons (Fsp3) is 0.381. The topological polar surface area (TPSA) is 75.8 Å². The first-order valence-corrected chi connectivity index (χ1v) is 8.93. The highest BCUT2D eigenvalue weighted by Gasteiger charge is 2.27. The molecule has 3 rings (SSSR count). The van der Waals surface area contributed by atoms with Crippen LogP contribution in [0.4, 0.5) is 5.69 Å². The van der Waals surface area contributed by atoms with Crippen molar-refractivity contribution in [1.29, 1.82) is 0 Å². The Bertz CT molecular complexity index is 815. The van der Waals surface area contributed by atoms with Crippen LogP contribution in [0.1, 0.15) is 28.7 Å². The molecule has 0 fully saturated rings. The zero-order valence-electron chi connectivity index (χ0n) is 16.0. The average molecular weight is 391 g/mol. The zero-order chi connectivity index (χ0) is 18.8. The van der Waals surface area contributed by atoms with Crippen molar-refractivity contribution in [3.8, 4) is 11.5 Å². The Labute approximate surface area is 166 Å². The third kappa shape index (κ3) is 4.37. The van der Waals surface area contributed by atoms with Crippen LogP contribution in [0.25, 0.3) is 0 Å². The number of carbonyl (C=O) groups is 1. The third-order valence-electron chi connectivity index (χ3n) is 5.09. The van der Waals surface area contributed by atoms with Gasteiger partial charge in [-0.1, -0.05) is 0 Å². The molecule has 1 heterocycles. The van der Waals surface area contributed by atoms with Gasteiger partial charge in [0.2, 0.25) is 5.91 Å². The van der Waals surface area contributed by atoms with Crippen LogP contribution in [0.5, 0.6) is 11.5 Å². The summed E-state index contributed by atoms with van der Waals surface area (Å²) in [4.78, 5) is 14.8. The highest BCUT2D eigenvalue weighted by molar-refractivity contribution is 5.98. The monoisotopic (exact) mass is 390 g/mol. The van der Waals surface area contributed by atoms with Crippen LogP contribution >= 0.6 is 12.4 Å². The molecule has 2 aromatic rings. The molecule has 27 heavy (non-hydrogen) atoms. The van der Waals surface area contributed by atoms with Crippen molar-refractivity contribution in [3.05, 3.63) is 52.6 Å². The number of halogens is 1. The number of amides is 1. The van der Waals surface area contributed by atoms with E-state index in [1.807, 2.05) is 32.0 Å². The summed E-state index contributed by atoms with van der Waals surface area (Å²) in [7, 11) is 1.64. The molecule has 6 heteroatoms. The van der Waals surface area contributed by atoms with E-state index in [0.29, 0.717) is 13.0 Å². The second-order valence-electron chi connectivity index (χ2n) is 6.96. The van der Waals surface area contributed by atoms with Gasteiger partial charge in [0.1, 0.15) is 11.5 Å². The molecule has 0 bridgehead atoms. The molecule has 2 aromatic carbocycles. The maximum atomic E-state index is 13.0. The summed E-state index contributed by atoms with van der Waals surface area (Å²) in [6.07, 6.45) is 2.30. The quantitative estimate of drug-likeness (QED) is 0.839. The first-order chi connectivity index (χ1) is 12.4. The molecule has 0 saturated heterocycles. The van der Waals surface area contributed by atoms with Gasteiger partial charge in [-0.15, -0.1) is 12.4 Å². The molecule has 0 unspecified atom stereocenters. The number of hydrogen-bond donors (Lipinski definition) is 2. The molecule has 1 aliphatic heterocycles. The summed E-state index contributed by atoms with van der Waals surface area (Å²) >= 11 is 0. The molecule has 146 valence electrons. The van der Waals surface area contributed by atoms with Crippen molar-refractivity contribution >= 4 is 24.0 Å². The summed E-state index contributed by atoms with van der Waals surface area (Å²) < 4.78 is 5.29. The molecule has 3 N–H and O–H groups in total. The molecule has 0 spiro atoms. The minimum Gasteiger partial charge on any atom is -0.508 e. The zero-order valence-corrected chi connectivity index (χ0v) is 16.8. The number of rotatable bonds is 4. The molecular weight excluding hydrogens is 364 g/mol. The maximum absolute atomic E-state index is 13.0. The molecule has 0 radical (unpaired) electrons. The Morgan fingerprint density at radius 2 is 1.93 bits per heavy atom. The van der Waals surface area contributed by atoms with Gasteiger partial charge in [0, 0.05) is 12.2 Å². The van der Waals surface area contributed by atoms with Crippen LogP contribution in [0.15, 0.2) is 30.3 Å². The van der Waals surface area contributed by atoms with Crippen molar-refractivity contribution < 1.29 is 14.6 Å². The Kier molecular flexibility index (Phi) is 6.73. The number of hydrogen-bond acceptors (Lipinski definition) is 4. The van der Waals surface area contributed by atoms with E-state index in [2.05, 4.69) is 0 Å². The minimum absolute atomic E-state index is 0. The van der Waals surface area contributed by atoms with Crippen LogP contribution in [-0.2, 0) is 17.6 Å². The van der Waals surface area contributed by atoms with E-state index in [1.54, 1.807) is 24.1 Å². The van der Waals surface area contributed by atoms with Crippen molar-refractivity contribution in [2.24, 2.45) is 5.73 Å². The molecule has 1 amide bonds. The lowest BCUT2D eigenvalue weighted by molar-refractivity contribution is -0.119. The lowest BCUT2D eigenvalue weighted by Crippen LogP contribution is -2.47. The first-order valence-electron chi connectivity index (χ1n) is 8.93. The molecular formula is C21H27ClN2O3.